The van der Waals surface area contributed by atoms with Crippen LogP contribution in [0.5, 0.6) is 0 Å². The van der Waals surface area contributed by atoms with Crippen LogP contribution in [-0.2, 0) is 0 Å². The van der Waals surface area contributed by atoms with E-state index in [0.29, 0.717) is 5.92 Å². The van der Waals surface area contributed by atoms with Crippen molar-refractivity contribution in [2.24, 2.45) is 0 Å². The quantitative estimate of drug-likeness (QED) is 0.841. The summed E-state index contributed by atoms with van der Waals surface area (Å²) in [6, 6.07) is 10.6. The van der Waals surface area contributed by atoms with Crippen molar-refractivity contribution in [2.75, 3.05) is 36.0 Å². The molecule has 22 heavy (non-hydrogen) atoms. The highest BCUT2D eigenvalue weighted by molar-refractivity contribution is 9.10. The first kappa shape index (κ1) is 14.0. The van der Waals surface area contributed by atoms with E-state index in [-0.39, 0.29) is 0 Å². The van der Waals surface area contributed by atoms with Gasteiger partial charge in [0.1, 0.15) is 11.6 Å². The molecule has 1 saturated carbocycles. The number of hydrogen-bond donors (Lipinski definition) is 0. The van der Waals surface area contributed by atoms with Crippen LogP contribution in [0, 0.1) is 0 Å². The molecule has 2 fully saturated rings. The molecule has 1 aliphatic heterocycles. The van der Waals surface area contributed by atoms with Gasteiger partial charge >= 0.3 is 0 Å². The van der Waals surface area contributed by atoms with Crippen molar-refractivity contribution in [3.8, 4) is 0 Å². The summed E-state index contributed by atoms with van der Waals surface area (Å²) in [6.45, 7) is 4.07. The highest BCUT2D eigenvalue weighted by Gasteiger charge is 2.27. The van der Waals surface area contributed by atoms with Gasteiger partial charge in [-0.2, -0.15) is 0 Å². The van der Waals surface area contributed by atoms with E-state index in [0.717, 1.165) is 42.3 Å². The van der Waals surface area contributed by atoms with Gasteiger partial charge in [-0.1, -0.05) is 22.0 Å². The van der Waals surface area contributed by atoms with Crippen molar-refractivity contribution in [3.63, 3.8) is 0 Å². The molecule has 1 saturated heterocycles. The van der Waals surface area contributed by atoms with Crippen molar-refractivity contribution >= 4 is 27.4 Å². The third kappa shape index (κ3) is 2.95. The van der Waals surface area contributed by atoms with Gasteiger partial charge in [0.05, 0.1) is 0 Å². The van der Waals surface area contributed by atoms with Gasteiger partial charge < -0.3 is 9.80 Å². The zero-order valence-electron chi connectivity index (χ0n) is 12.5. The standard InChI is InChI=1S/C17H19BrN4/c18-14-2-1-3-15(12-14)21-8-10-22(11-9-21)16-6-7-19-17(20-16)13-4-5-13/h1-3,6-7,12-13H,4-5,8-11H2. The maximum absolute atomic E-state index is 4.76. The van der Waals surface area contributed by atoms with Gasteiger partial charge in [-0.15, -0.1) is 0 Å². The lowest BCUT2D eigenvalue weighted by Gasteiger charge is -2.36. The molecule has 4 rings (SSSR count). The Morgan fingerprint density at radius 3 is 2.50 bits per heavy atom. The third-order valence-electron chi connectivity index (χ3n) is 4.38. The van der Waals surface area contributed by atoms with Crippen LogP contribution < -0.4 is 9.80 Å². The number of hydrogen-bond acceptors (Lipinski definition) is 4. The Morgan fingerprint density at radius 2 is 1.77 bits per heavy atom. The number of aromatic nitrogens is 2. The van der Waals surface area contributed by atoms with E-state index in [1.807, 2.05) is 12.3 Å². The summed E-state index contributed by atoms with van der Waals surface area (Å²) < 4.78 is 1.14. The topological polar surface area (TPSA) is 32.3 Å². The maximum atomic E-state index is 4.76. The van der Waals surface area contributed by atoms with Gasteiger partial charge in [0.2, 0.25) is 0 Å². The smallest absolute Gasteiger partial charge is 0.133 e. The molecule has 0 spiro atoms. The summed E-state index contributed by atoms with van der Waals surface area (Å²) in [4.78, 5) is 14.0. The predicted molar refractivity (Wildman–Crippen MR) is 92.6 cm³/mol. The Balaban J connectivity index is 1.44. The summed E-state index contributed by atoms with van der Waals surface area (Å²) in [7, 11) is 0. The number of halogens is 1. The summed E-state index contributed by atoms with van der Waals surface area (Å²) in [5.41, 5.74) is 1.29. The lowest BCUT2D eigenvalue weighted by molar-refractivity contribution is 0.644. The van der Waals surface area contributed by atoms with Crippen LogP contribution >= 0.6 is 15.9 Å². The Kier molecular flexibility index (Phi) is 3.74. The zero-order chi connectivity index (χ0) is 14.9. The van der Waals surface area contributed by atoms with Gasteiger partial charge in [-0.25, -0.2) is 9.97 Å². The highest BCUT2D eigenvalue weighted by atomic mass is 79.9. The van der Waals surface area contributed by atoms with Crippen LogP contribution in [0.1, 0.15) is 24.6 Å². The normalized spacial score (nSPS) is 18.6. The lowest BCUT2D eigenvalue weighted by atomic mass is 10.2. The minimum absolute atomic E-state index is 0.614. The maximum Gasteiger partial charge on any atom is 0.133 e. The first-order chi connectivity index (χ1) is 10.8. The number of benzene rings is 1. The van der Waals surface area contributed by atoms with Gasteiger partial charge in [-0.05, 0) is 37.1 Å². The van der Waals surface area contributed by atoms with Crippen LogP contribution in [0.25, 0.3) is 0 Å². The number of nitrogens with zero attached hydrogens (tertiary/aromatic N) is 4. The number of rotatable bonds is 3. The van der Waals surface area contributed by atoms with Crippen LogP contribution in [-0.4, -0.2) is 36.1 Å². The largest absolute Gasteiger partial charge is 0.368 e. The molecule has 2 aromatic rings. The molecule has 0 bridgehead atoms. The molecule has 5 heteroatoms. The summed E-state index contributed by atoms with van der Waals surface area (Å²) >= 11 is 3.55. The number of anilines is 2. The fourth-order valence-corrected chi connectivity index (χ4v) is 3.33. The molecular weight excluding hydrogens is 340 g/mol. The summed E-state index contributed by atoms with van der Waals surface area (Å²) in [6.07, 6.45) is 4.41. The van der Waals surface area contributed by atoms with Gasteiger partial charge in [0, 0.05) is 48.5 Å². The van der Waals surface area contributed by atoms with Gasteiger partial charge in [-0.3, -0.25) is 0 Å². The molecule has 0 radical (unpaired) electrons. The summed E-state index contributed by atoms with van der Waals surface area (Å²) in [5, 5.41) is 0. The molecule has 1 aromatic carbocycles. The molecule has 0 amide bonds. The van der Waals surface area contributed by atoms with Crippen molar-refractivity contribution in [2.45, 2.75) is 18.8 Å². The molecule has 1 aliphatic carbocycles. The molecule has 114 valence electrons. The van der Waals surface area contributed by atoms with Crippen LogP contribution in [0.15, 0.2) is 41.0 Å². The lowest BCUT2D eigenvalue weighted by Crippen LogP contribution is -2.46. The first-order valence-electron chi connectivity index (χ1n) is 7.88. The van der Waals surface area contributed by atoms with E-state index in [2.05, 4.69) is 55.0 Å². The molecule has 0 atom stereocenters. The minimum Gasteiger partial charge on any atom is -0.368 e. The number of piperazine rings is 1. The van der Waals surface area contributed by atoms with Gasteiger partial charge in [0.25, 0.3) is 0 Å². The van der Waals surface area contributed by atoms with Crippen molar-refractivity contribution in [1.82, 2.24) is 9.97 Å². The highest BCUT2D eigenvalue weighted by Crippen LogP contribution is 2.38. The molecule has 4 nitrogen and oxygen atoms in total. The Hall–Kier alpha value is -1.62. The molecular formula is C17H19BrN4. The molecule has 0 N–H and O–H groups in total. The second-order valence-electron chi connectivity index (χ2n) is 6.00. The molecule has 1 aromatic heterocycles. The van der Waals surface area contributed by atoms with Crippen molar-refractivity contribution < 1.29 is 0 Å². The van der Waals surface area contributed by atoms with E-state index in [1.54, 1.807) is 0 Å². The van der Waals surface area contributed by atoms with Crippen molar-refractivity contribution in [3.05, 3.63) is 46.8 Å². The van der Waals surface area contributed by atoms with Gasteiger partial charge in [0.15, 0.2) is 0 Å². The van der Waals surface area contributed by atoms with E-state index in [1.165, 1.54) is 18.5 Å². The first-order valence-corrected chi connectivity index (χ1v) is 8.67. The molecule has 2 heterocycles. The molecule has 2 aliphatic rings. The SMILES string of the molecule is Brc1cccc(N2CCN(c3ccnc(C4CC4)n3)CC2)c1. The fourth-order valence-electron chi connectivity index (χ4n) is 2.94. The Labute approximate surface area is 139 Å². The van der Waals surface area contributed by atoms with Crippen LogP contribution in [0.4, 0.5) is 11.5 Å². The Bertz CT molecular complexity index is 663. The van der Waals surface area contributed by atoms with Crippen LogP contribution in [0.3, 0.4) is 0 Å². The van der Waals surface area contributed by atoms with E-state index in [9.17, 15) is 0 Å². The average molecular weight is 359 g/mol. The van der Waals surface area contributed by atoms with Crippen LogP contribution in [0.2, 0.25) is 0 Å². The van der Waals surface area contributed by atoms with E-state index in [4.69, 9.17) is 4.98 Å². The second kappa shape index (κ2) is 5.88. The zero-order valence-corrected chi connectivity index (χ0v) is 14.0. The fraction of sp³-hybridized carbons (Fsp3) is 0.412. The monoisotopic (exact) mass is 358 g/mol. The van der Waals surface area contributed by atoms with E-state index >= 15 is 0 Å². The third-order valence-corrected chi connectivity index (χ3v) is 4.87. The van der Waals surface area contributed by atoms with E-state index < -0.39 is 0 Å². The minimum atomic E-state index is 0.614. The second-order valence-corrected chi connectivity index (χ2v) is 6.92. The van der Waals surface area contributed by atoms with Crippen molar-refractivity contribution in [1.29, 1.82) is 0 Å². The Morgan fingerprint density at radius 1 is 1.00 bits per heavy atom. The summed E-state index contributed by atoms with van der Waals surface area (Å²) in [5.74, 6) is 2.74. The molecule has 0 unspecified atom stereocenters. The average Bonchev–Trinajstić information content (AvgIpc) is 3.40. The predicted octanol–water partition coefficient (Wildman–Crippen LogP) is 3.44.